The first-order chi connectivity index (χ1) is 8.97. The summed E-state index contributed by atoms with van der Waals surface area (Å²) >= 11 is 11.6. The molecule has 0 atom stereocenters. The van der Waals surface area contributed by atoms with Crippen molar-refractivity contribution in [3.8, 4) is 0 Å². The van der Waals surface area contributed by atoms with Crippen LogP contribution < -0.4 is 11.1 Å². The number of benzene rings is 1. The fourth-order valence-corrected chi connectivity index (χ4v) is 1.93. The second-order valence-electron chi connectivity index (χ2n) is 3.68. The molecule has 0 unspecified atom stereocenters. The van der Waals surface area contributed by atoms with E-state index in [0.29, 0.717) is 5.69 Å². The molecule has 0 fully saturated rings. The van der Waals surface area contributed by atoms with E-state index in [9.17, 15) is 9.18 Å². The zero-order chi connectivity index (χ0) is 14.0. The molecule has 4 nitrogen and oxygen atoms in total. The molecule has 0 aliphatic carbocycles. The number of nitrogen functional groups attached to an aromatic ring is 1. The Morgan fingerprint density at radius 1 is 1.26 bits per heavy atom. The summed E-state index contributed by atoms with van der Waals surface area (Å²) in [5.74, 6) is -1.10. The van der Waals surface area contributed by atoms with Gasteiger partial charge in [-0.15, -0.1) is 0 Å². The smallest absolute Gasteiger partial charge is 0.274 e. The lowest BCUT2D eigenvalue weighted by molar-refractivity contribution is 0.102. The molecule has 0 aliphatic rings. The molecule has 0 aliphatic heterocycles. The van der Waals surface area contributed by atoms with Gasteiger partial charge in [-0.1, -0.05) is 23.2 Å². The number of rotatable bonds is 2. The quantitative estimate of drug-likeness (QED) is 0.893. The van der Waals surface area contributed by atoms with Crippen molar-refractivity contribution in [3.05, 3.63) is 52.0 Å². The molecule has 1 aromatic carbocycles. The molecule has 7 heteroatoms. The van der Waals surface area contributed by atoms with Gasteiger partial charge in [-0.2, -0.15) is 0 Å². The van der Waals surface area contributed by atoms with Crippen LogP contribution in [0.4, 0.5) is 15.8 Å². The number of carbonyl (C=O) groups is 1. The molecular weight excluding hydrogens is 292 g/mol. The minimum Gasteiger partial charge on any atom is -0.397 e. The van der Waals surface area contributed by atoms with Crippen LogP contribution in [0.3, 0.4) is 0 Å². The molecule has 0 bridgehead atoms. The molecule has 1 heterocycles. The number of amides is 1. The number of aromatic nitrogens is 1. The summed E-state index contributed by atoms with van der Waals surface area (Å²) in [5, 5.41) is 2.48. The van der Waals surface area contributed by atoms with Gasteiger partial charge in [-0.3, -0.25) is 4.79 Å². The average Bonchev–Trinajstić information content (AvgIpc) is 2.34. The number of anilines is 2. The molecule has 1 amide bonds. The number of nitrogens with two attached hydrogens (primary N) is 1. The lowest BCUT2D eigenvalue weighted by Crippen LogP contribution is -2.14. The third-order valence-corrected chi connectivity index (χ3v) is 2.86. The standard InChI is InChI=1S/C12H8Cl2FN3O/c13-8-3-6(15)4-9(14)11(8)18-12(19)10-2-1-7(16)5-17-10/h1-5H,16H2,(H,18,19). The normalized spacial score (nSPS) is 10.3. The number of nitrogens with zero attached hydrogens (tertiary/aromatic N) is 1. The predicted molar refractivity (Wildman–Crippen MR) is 73.0 cm³/mol. The topological polar surface area (TPSA) is 68.0 Å². The van der Waals surface area contributed by atoms with E-state index < -0.39 is 11.7 Å². The molecule has 0 spiro atoms. The third kappa shape index (κ3) is 3.13. The van der Waals surface area contributed by atoms with Crippen molar-refractivity contribution >= 4 is 40.5 Å². The Balaban J connectivity index is 2.26. The molecular formula is C12H8Cl2FN3O. The average molecular weight is 300 g/mol. The molecule has 98 valence electrons. The second kappa shape index (κ2) is 5.42. The van der Waals surface area contributed by atoms with Crippen molar-refractivity contribution in [2.75, 3.05) is 11.1 Å². The highest BCUT2D eigenvalue weighted by atomic mass is 35.5. The number of hydrogen-bond donors (Lipinski definition) is 2. The van der Waals surface area contributed by atoms with Crippen LogP contribution in [0.2, 0.25) is 10.0 Å². The van der Waals surface area contributed by atoms with Crippen LogP contribution in [0.1, 0.15) is 10.5 Å². The van der Waals surface area contributed by atoms with E-state index in [1.165, 1.54) is 18.3 Å². The van der Waals surface area contributed by atoms with Crippen LogP contribution in [0.15, 0.2) is 30.5 Å². The van der Waals surface area contributed by atoms with E-state index in [2.05, 4.69) is 10.3 Å². The van der Waals surface area contributed by atoms with Crippen molar-refractivity contribution in [1.29, 1.82) is 0 Å². The van der Waals surface area contributed by atoms with Crippen LogP contribution in [-0.4, -0.2) is 10.9 Å². The Morgan fingerprint density at radius 3 is 2.42 bits per heavy atom. The fourth-order valence-electron chi connectivity index (χ4n) is 1.38. The van der Waals surface area contributed by atoms with Crippen molar-refractivity contribution in [1.82, 2.24) is 4.98 Å². The van der Waals surface area contributed by atoms with E-state index in [1.807, 2.05) is 0 Å². The van der Waals surface area contributed by atoms with Gasteiger partial charge in [0.15, 0.2) is 0 Å². The monoisotopic (exact) mass is 299 g/mol. The van der Waals surface area contributed by atoms with Gasteiger partial charge in [0.05, 0.1) is 27.6 Å². The first-order valence-electron chi connectivity index (χ1n) is 5.15. The van der Waals surface area contributed by atoms with Crippen molar-refractivity contribution in [3.63, 3.8) is 0 Å². The Labute approximate surface area is 118 Å². The van der Waals surface area contributed by atoms with Crippen LogP contribution >= 0.6 is 23.2 Å². The van der Waals surface area contributed by atoms with Crippen molar-refractivity contribution in [2.24, 2.45) is 0 Å². The van der Waals surface area contributed by atoms with Gasteiger partial charge in [-0.05, 0) is 24.3 Å². The van der Waals surface area contributed by atoms with Gasteiger partial charge >= 0.3 is 0 Å². The van der Waals surface area contributed by atoms with E-state index in [1.54, 1.807) is 0 Å². The summed E-state index contributed by atoms with van der Waals surface area (Å²) in [6.45, 7) is 0. The van der Waals surface area contributed by atoms with Crippen molar-refractivity contribution < 1.29 is 9.18 Å². The summed E-state index contributed by atoms with van der Waals surface area (Å²) in [4.78, 5) is 15.7. The number of hydrogen-bond acceptors (Lipinski definition) is 3. The van der Waals surface area contributed by atoms with E-state index in [-0.39, 0.29) is 21.4 Å². The lowest BCUT2D eigenvalue weighted by Gasteiger charge is -2.09. The number of pyridine rings is 1. The highest BCUT2D eigenvalue weighted by Gasteiger charge is 2.13. The Hall–Kier alpha value is -1.85. The number of carbonyl (C=O) groups excluding carboxylic acids is 1. The van der Waals surface area contributed by atoms with Gasteiger partial charge in [0, 0.05) is 0 Å². The summed E-state index contributed by atoms with van der Waals surface area (Å²) in [7, 11) is 0. The number of nitrogens with one attached hydrogen (secondary N) is 1. The van der Waals surface area contributed by atoms with Crippen LogP contribution in [0.5, 0.6) is 0 Å². The molecule has 2 aromatic rings. The molecule has 2 rings (SSSR count). The largest absolute Gasteiger partial charge is 0.397 e. The summed E-state index contributed by atoms with van der Waals surface area (Å²) < 4.78 is 13.0. The molecule has 0 saturated heterocycles. The van der Waals surface area contributed by atoms with E-state index in [4.69, 9.17) is 28.9 Å². The van der Waals surface area contributed by atoms with Gasteiger partial charge in [0.25, 0.3) is 5.91 Å². The Bertz CT molecular complexity index is 608. The minimum absolute atomic E-state index is 0.00814. The lowest BCUT2D eigenvalue weighted by atomic mass is 10.2. The summed E-state index contributed by atoms with van der Waals surface area (Å²) in [6, 6.07) is 5.10. The summed E-state index contributed by atoms with van der Waals surface area (Å²) in [6.07, 6.45) is 1.35. The maximum absolute atomic E-state index is 13.0. The molecule has 0 saturated carbocycles. The zero-order valence-corrected chi connectivity index (χ0v) is 11.0. The van der Waals surface area contributed by atoms with E-state index >= 15 is 0 Å². The molecule has 0 radical (unpaired) electrons. The maximum atomic E-state index is 13.0. The first-order valence-corrected chi connectivity index (χ1v) is 5.90. The highest BCUT2D eigenvalue weighted by molar-refractivity contribution is 6.40. The summed E-state index contributed by atoms with van der Waals surface area (Å²) in [5.41, 5.74) is 6.18. The Morgan fingerprint density at radius 2 is 1.89 bits per heavy atom. The number of halogens is 3. The predicted octanol–water partition coefficient (Wildman–Crippen LogP) is 3.36. The van der Waals surface area contributed by atoms with Crippen LogP contribution in [0, 0.1) is 5.82 Å². The zero-order valence-electron chi connectivity index (χ0n) is 9.45. The van der Waals surface area contributed by atoms with Crippen molar-refractivity contribution in [2.45, 2.75) is 0 Å². The van der Waals surface area contributed by atoms with Crippen LogP contribution in [-0.2, 0) is 0 Å². The van der Waals surface area contributed by atoms with Gasteiger partial charge in [0.2, 0.25) is 0 Å². The minimum atomic E-state index is -0.585. The van der Waals surface area contributed by atoms with E-state index in [0.717, 1.165) is 12.1 Å². The maximum Gasteiger partial charge on any atom is 0.274 e. The second-order valence-corrected chi connectivity index (χ2v) is 4.49. The Kier molecular flexibility index (Phi) is 3.87. The third-order valence-electron chi connectivity index (χ3n) is 2.26. The SMILES string of the molecule is Nc1ccc(C(=O)Nc2c(Cl)cc(F)cc2Cl)nc1. The van der Waals surface area contributed by atoms with Gasteiger partial charge < -0.3 is 11.1 Å². The highest BCUT2D eigenvalue weighted by Crippen LogP contribution is 2.31. The molecule has 3 N–H and O–H groups in total. The van der Waals surface area contributed by atoms with Crippen LogP contribution in [0.25, 0.3) is 0 Å². The molecule has 19 heavy (non-hydrogen) atoms. The first kappa shape index (κ1) is 13.6. The van der Waals surface area contributed by atoms with Gasteiger partial charge in [0.1, 0.15) is 11.5 Å². The van der Waals surface area contributed by atoms with Gasteiger partial charge in [-0.25, -0.2) is 9.37 Å². The molecule has 1 aromatic heterocycles. The fraction of sp³-hybridized carbons (Fsp3) is 0.